The second-order valence-electron chi connectivity index (χ2n) is 11.4. The molecule has 0 unspecified atom stereocenters. The predicted octanol–water partition coefficient (Wildman–Crippen LogP) is 2.81. The Balaban J connectivity index is 1.53. The number of hydrogen-bond acceptors (Lipinski definition) is 6. The van der Waals surface area contributed by atoms with Crippen LogP contribution in [0.3, 0.4) is 0 Å². The highest BCUT2D eigenvalue weighted by Gasteiger charge is 2.53. The number of aromatic amines is 1. The number of likely N-dealkylation sites (tertiary alicyclic amines) is 1. The topological polar surface area (TPSA) is 106 Å². The maximum absolute atomic E-state index is 14.2. The van der Waals surface area contributed by atoms with Gasteiger partial charge in [0.1, 0.15) is 11.9 Å². The molecule has 0 bridgehead atoms. The molecule has 38 heavy (non-hydrogen) atoms. The van der Waals surface area contributed by atoms with Gasteiger partial charge in [-0.05, 0) is 55.6 Å². The summed E-state index contributed by atoms with van der Waals surface area (Å²) >= 11 is 0. The summed E-state index contributed by atoms with van der Waals surface area (Å²) in [6, 6.07) is 5.30. The van der Waals surface area contributed by atoms with Gasteiger partial charge in [0.2, 0.25) is 17.8 Å². The number of hydrogen-bond donors (Lipinski definition) is 3. The van der Waals surface area contributed by atoms with Crippen LogP contribution in [-0.4, -0.2) is 76.0 Å². The van der Waals surface area contributed by atoms with E-state index in [0.717, 1.165) is 22.9 Å². The summed E-state index contributed by atoms with van der Waals surface area (Å²) in [6.07, 6.45) is 6.15. The highest BCUT2D eigenvalue weighted by molar-refractivity contribution is 5.91. The maximum Gasteiger partial charge on any atom is 0.246 e. The number of amides is 2. The zero-order valence-corrected chi connectivity index (χ0v) is 22.5. The molecule has 4 heterocycles. The molecule has 0 radical (unpaired) electrons. The summed E-state index contributed by atoms with van der Waals surface area (Å²) in [5, 5.41) is 6.90. The fourth-order valence-corrected chi connectivity index (χ4v) is 5.93. The zero-order chi connectivity index (χ0) is 27.2. The SMILES string of the molecule is CN[C@@H](C)C(=O)N[C@H](C(=O)N1CC[C@@H]2[C@H]1[C@@H](c1c[nH]c3cc(F)ccc13)CN2c1ncccn1)C(C)(C)C. The number of halogens is 1. The normalized spacial score (nSPS) is 22.9. The van der Waals surface area contributed by atoms with Gasteiger partial charge in [0.05, 0.1) is 18.1 Å². The Morgan fingerprint density at radius 1 is 1.21 bits per heavy atom. The number of H-pyrrole nitrogens is 1. The third-order valence-electron chi connectivity index (χ3n) is 8.02. The second kappa shape index (κ2) is 9.98. The standard InChI is InChI=1S/C28H36FN7O2/c1-16(30-5)25(37)34-24(28(2,3)4)26(38)35-12-9-22-23(35)20(15-36(22)27-31-10-6-11-32-27)19-14-33-21-13-17(29)7-8-18(19)21/h6-8,10-11,13-14,16,20,22-24,30,33H,9,12,15H2,1-5H3,(H,34,37)/t16-,20+,22+,23+,24+/m0/s1. The summed E-state index contributed by atoms with van der Waals surface area (Å²) in [5.74, 6) is -0.0201. The Morgan fingerprint density at radius 3 is 2.63 bits per heavy atom. The molecule has 5 rings (SSSR count). The van der Waals surface area contributed by atoms with E-state index in [1.807, 2.05) is 31.9 Å². The first kappa shape index (κ1) is 26.1. The lowest BCUT2D eigenvalue weighted by atomic mass is 9.84. The van der Waals surface area contributed by atoms with Crippen LogP contribution in [0, 0.1) is 11.2 Å². The molecule has 1 aromatic carbocycles. The van der Waals surface area contributed by atoms with Crippen LogP contribution < -0.4 is 15.5 Å². The van der Waals surface area contributed by atoms with Crippen molar-refractivity contribution < 1.29 is 14.0 Å². The quantitative estimate of drug-likeness (QED) is 0.461. The molecule has 2 aromatic heterocycles. The third-order valence-corrected chi connectivity index (χ3v) is 8.02. The van der Waals surface area contributed by atoms with Gasteiger partial charge in [-0.1, -0.05) is 20.8 Å². The first-order chi connectivity index (χ1) is 18.1. The van der Waals surface area contributed by atoms with Crippen LogP contribution in [0.25, 0.3) is 10.9 Å². The van der Waals surface area contributed by atoms with E-state index in [1.54, 1.807) is 38.5 Å². The molecular weight excluding hydrogens is 485 g/mol. The summed E-state index contributed by atoms with van der Waals surface area (Å²) in [7, 11) is 1.72. The molecule has 0 spiro atoms. The number of carbonyl (C=O) groups excluding carboxylic acids is 2. The highest BCUT2D eigenvalue weighted by atomic mass is 19.1. The Kier molecular flexibility index (Phi) is 6.85. The molecular formula is C28H36FN7O2. The van der Waals surface area contributed by atoms with Crippen molar-refractivity contribution in [3.05, 3.63) is 54.2 Å². The van der Waals surface area contributed by atoms with Crippen molar-refractivity contribution in [3.8, 4) is 0 Å². The average molecular weight is 522 g/mol. The van der Waals surface area contributed by atoms with E-state index in [-0.39, 0.29) is 35.6 Å². The Labute approximate surface area is 222 Å². The molecule has 2 aliphatic heterocycles. The lowest BCUT2D eigenvalue weighted by Crippen LogP contribution is -2.59. The minimum atomic E-state index is -0.690. The first-order valence-corrected chi connectivity index (χ1v) is 13.2. The molecule has 0 aliphatic carbocycles. The number of nitrogens with one attached hydrogen (secondary N) is 3. The molecule has 0 saturated carbocycles. The minimum absolute atomic E-state index is 0.0179. The number of carbonyl (C=O) groups is 2. The maximum atomic E-state index is 14.2. The molecule has 9 nitrogen and oxygen atoms in total. The van der Waals surface area contributed by atoms with Crippen molar-refractivity contribution in [2.45, 2.75) is 64.2 Å². The van der Waals surface area contributed by atoms with Crippen LogP contribution in [0.5, 0.6) is 0 Å². The van der Waals surface area contributed by atoms with Gasteiger partial charge in [0.15, 0.2) is 0 Å². The highest BCUT2D eigenvalue weighted by Crippen LogP contribution is 2.44. The number of aromatic nitrogens is 3. The number of anilines is 1. The van der Waals surface area contributed by atoms with E-state index in [9.17, 15) is 14.0 Å². The van der Waals surface area contributed by atoms with Crippen molar-refractivity contribution in [1.82, 2.24) is 30.5 Å². The summed E-state index contributed by atoms with van der Waals surface area (Å²) < 4.78 is 13.9. The fourth-order valence-electron chi connectivity index (χ4n) is 5.93. The molecule has 202 valence electrons. The number of nitrogens with zero attached hydrogens (tertiary/aromatic N) is 4. The molecule has 2 amide bonds. The molecule has 2 saturated heterocycles. The van der Waals surface area contributed by atoms with Crippen LogP contribution in [-0.2, 0) is 9.59 Å². The molecule has 3 aromatic rings. The molecule has 10 heteroatoms. The number of fused-ring (bicyclic) bond motifs is 2. The van der Waals surface area contributed by atoms with Crippen LogP contribution in [0.2, 0.25) is 0 Å². The first-order valence-electron chi connectivity index (χ1n) is 13.2. The Bertz CT molecular complexity index is 1320. The van der Waals surface area contributed by atoms with Crippen LogP contribution in [0.1, 0.15) is 45.6 Å². The monoisotopic (exact) mass is 521 g/mol. The van der Waals surface area contributed by atoms with E-state index >= 15 is 0 Å². The van der Waals surface area contributed by atoms with Crippen molar-refractivity contribution in [2.24, 2.45) is 5.41 Å². The summed E-state index contributed by atoms with van der Waals surface area (Å²) in [6.45, 7) is 8.87. The number of benzene rings is 1. The number of likely N-dealkylation sites (N-methyl/N-ethyl adjacent to an activating group) is 1. The van der Waals surface area contributed by atoms with Crippen molar-refractivity contribution in [1.29, 1.82) is 0 Å². The zero-order valence-electron chi connectivity index (χ0n) is 22.5. The van der Waals surface area contributed by atoms with Gasteiger partial charge < -0.3 is 25.4 Å². The fraction of sp³-hybridized carbons (Fsp3) is 0.500. The second-order valence-corrected chi connectivity index (χ2v) is 11.4. The van der Waals surface area contributed by atoms with Gasteiger partial charge in [0.25, 0.3) is 0 Å². The van der Waals surface area contributed by atoms with Gasteiger partial charge >= 0.3 is 0 Å². The lowest BCUT2D eigenvalue weighted by molar-refractivity contribution is -0.140. The Hall–Kier alpha value is -3.53. The average Bonchev–Trinajstić information content (AvgIpc) is 3.60. The van der Waals surface area contributed by atoms with E-state index in [4.69, 9.17) is 0 Å². The van der Waals surface area contributed by atoms with Crippen molar-refractivity contribution in [3.63, 3.8) is 0 Å². The van der Waals surface area contributed by atoms with E-state index in [1.165, 1.54) is 12.1 Å². The molecule has 2 fully saturated rings. The molecule has 5 atom stereocenters. The van der Waals surface area contributed by atoms with Gasteiger partial charge in [-0.15, -0.1) is 0 Å². The van der Waals surface area contributed by atoms with Gasteiger partial charge in [-0.3, -0.25) is 9.59 Å². The Morgan fingerprint density at radius 2 is 1.95 bits per heavy atom. The van der Waals surface area contributed by atoms with E-state index in [2.05, 4.69) is 30.5 Å². The van der Waals surface area contributed by atoms with Crippen LogP contribution in [0.15, 0.2) is 42.9 Å². The smallest absolute Gasteiger partial charge is 0.246 e. The molecule has 2 aliphatic rings. The van der Waals surface area contributed by atoms with Crippen molar-refractivity contribution in [2.75, 3.05) is 25.0 Å². The van der Waals surface area contributed by atoms with Gasteiger partial charge in [-0.2, -0.15) is 0 Å². The lowest BCUT2D eigenvalue weighted by Gasteiger charge is -2.37. The third kappa shape index (κ3) is 4.62. The van der Waals surface area contributed by atoms with Crippen LogP contribution in [0.4, 0.5) is 10.3 Å². The van der Waals surface area contributed by atoms with E-state index in [0.29, 0.717) is 19.0 Å². The van der Waals surface area contributed by atoms with Gasteiger partial charge in [-0.25, -0.2) is 14.4 Å². The minimum Gasteiger partial charge on any atom is -0.361 e. The predicted molar refractivity (Wildman–Crippen MR) is 144 cm³/mol. The van der Waals surface area contributed by atoms with Crippen LogP contribution >= 0.6 is 0 Å². The number of rotatable bonds is 6. The van der Waals surface area contributed by atoms with Gasteiger partial charge in [0, 0.05) is 48.5 Å². The summed E-state index contributed by atoms with van der Waals surface area (Å²) in [4.78, 5) is 43.5. The largest absolute Gasteiger partial charge is 0.361 e. The molecule has 3 N–H and O–H groups in total. The van der Waals surface area contributed by atoms with E-state index < -0.39 is 17.5 Å². The summed E-state index contributed by atoms with van der Waals surface area (Å²) in [5.41, 5.74) is 1.27. The van der Waals surface area contributed by atoms with Crippen molar-refractivity contribution >= 4 is 28.7 Å².